The van der Waals surface area contributed by atoms with Crippen molar-refractivity contribution in [3.8, 4) is 0 Å². The van der Waals surface area contributed by atoms with Gasteiger partial charge in [-0.1, -0.05) is 30.3 Å². The van der Waals surface area contributed by atoms with Gasteiger partial charge in [0.1, 0.15) is 0 Å². The molecule has 0 aliphatic rings. The van der Waals surface area contributed by atoms with Gasteiger partial charge in [-0.05, 0) is 18.4 Å². The van der Waals surface area contributed by atoms with Crippen molar-refractivity contribution in [2.45, 2.75) is 22.7 Å². The van der Waals surface area contributed by atoms with E-state index in [9.17, 15) is 25.3 Å². The molecule has 12 heteroatoms. The lowest BCUT2D eigenvalue weighted by Crippen LogP contribution is -2.52. The highest BCUT2D eigenvalue weighted by Gasteiger charge is 2.64. The molecule has 0 unspecified atom stereocenters. The molecule has 0 atom stereocenters. The molecule has 0 spiro atoms. The summed E-state index contributed by atoms with van der Waals surface area (Å²) in [6.45, 7) is 0. The normalized spacial score (nSPS) is 14.0. The third-order valence-electron chi connectivity index (χ3n) is 2.97. The average Bonchev–Trinajstić information content (AvgIpc) is 2.31. The van der Waals surface area contributed by atoms with Crippen molar-refractivity contribution in [2.75, 3.05) is 0 Å². The van der Waals surface area contributed by atoms with E-state index in [0.717, 1.165) is 0 Å². The van der Waals surface area contributed by atoms with Gasteiger partial charge in [0.05, 0.1) is 0 Å². The van der Waals surface area contributed by atoms with Gasteiger partial charge < -0.3 is 0 Å². The fraction of sp³-hybridized carbons (Fsp3) is 0.400. The summed E-state index contributed by atoms with van der Waals surface area (Å²) in [7, 11) is -17.6. The molecule has 126 valence electrons. The van der Waals surface area contributed by atoms with Crippen LogP contribution >= 0.6 is 0 Å². The molecule has 3 N–H and O–H groups in total. The Balaban J connectivity index is 3.24. The Bertz CT molecular complexity index is 744. The second kappa shape index (κ2) is 6.22. The van der Waals surface area contributed by atoms with Gasteiger partial charge in [-0.2, -0.15) is 25.3 Å². The maximum absolute atomic E-state index is 11.3. The third kappa shape index (κ3) is 3.64. The third-order valence-corrected chi connectivity index (χ3v) is 9.73. The van der Waals surface area contributed by atoms with Crippen molar-refractivity contribution < 1.29 is 38.9 Å². The second-order valence-electron chi connectivity index (χ2n) is 4.45. The van der Waals surface area contributed by atoms with Crippen LogP contribution in [-0.4, -0.2) is 42.3 Å². The van der Waals surface area contributed by atoms with Gasteiger partial charge in [-0.25, -0.2) is 0 Å². The largest absolute Gasteiger partial charge is 0.345 e. The van der Waals surface area contributed by atoms with Crippen LogP contribution in [0.2, 0.25) is 0 Å². The van der Waals surface area contributed by atoms with E-state index in [1.54, 1.807) is 30.3 Å². The van der Waals surface area contributed by atoms with Crippen LogP contribution in [0.4, 0.5) is 0 Å². The Morgan fingerprint density at radius 2 is 1.18 bits per heavy atom. The molecule has 1 rings (SSSR count). The molecule has 0 amide bonds. The summed E-state index contributed by atoms with van der Waals surface area (Å²) in [6, 6.07) is 8.24. The molecule has 9 nitrogen and oxygen atoms in total. The summed E-state index contributed by atoms with van der Waals surface area (Å²) in [6.07, 6.45) is -1.54. The SMILES string of the molecule is O=S(=O)(O)C(CCCc1ccccc1)(S(=O)(=O)O)S(=O)(=O)O. The van der Waals surface area contributed by atoms with Crippen molar-refractivity contribution >= 4 is 30.4 Å². The smallest absolute Gasteiger partial charge is 0.283 e. The van der Waals surface area contributed by atoms with Crippen molar-refractivity contribution in [1.29, 1.82) is 0 Å². The topological polar surface area (TPSA) is 163 Å². The zero-order valence-electron chi connectivity index (χ0n) is 11.0. The number of hydrogen-bond acceptors (Lipinski definition) is 6. The molecule has 1 aromatic rings. The van der Waals surface area contributed by atoms with E-state index in [4.69, 9.17) is 13.7 Å². The van der Waals surface area contributed by atoms with Crippen LogP contribution in [0.15, 0.2) is 30.3 Å². The van der Waals surface area contributed by atoms with Crippen molar-refractivity contribution in [3.05, 3.63) is 35.9 Å². The van der Waals surface area contributed by atoms with E-state index < -0.39 is 40.2 Å². The van der Waals surface area contributed by atoms with Crippen LogP contribution in [0.5, 0.6) is 0 Å². The van der Waals surface area contributed by atoms with Crippen molar-refractivity contribution in [1.82, 2.24) is 0 Å². The van der Waals surface area contributed by atoms with Crippen LogP contribution in [0.3, 0.4) is 0 Å². The number of aryl methyl sites for hydroxylation is 1. The van der Waals surface area contributed by atoms with Crippen LogP contribution in [0.1, 0.15) is 18.4 Å². The first-order valence-electron chi connectivity index (χ1n) is 5.78. The van der Waals surface area contributed by atoms with Crippen LogP contribution < -0.4 is 0 Å². The first kappa shape index (κ1) is 19.0. The fourth-order valence-corrected chi connectivity index (χ4v) is 6.34. The summed E-state index contributed by atoms with van der Waals surface area (Å²) in [4.78, 5) is 0. The molecule has 0 bridgehead atoms. The first-order valence-corrected chi connectivity index (χ1v) is 10.1. The Kier molecular flexibility index (Phi) is 5.37. The van der Waals surface area contributed by atoms with Crippen LogP contribution in [-0.2, 0) is 36.8 Å². The van der Waals surface area contributed by atoms with Crippen LogP contribution in [0.25, 0.3) is 0 Å². The van der Waals surface area contributed by atoms with E-state index in [0.29, 0.717) is 5.56 Å². The van der Waals surface area contributed by atoms with Gasteiger partial charge >= 0.3 is 33.8 Å². The van der Waals surface area contributed by atoms with Crippen molar-refractivity contribution in [3.63, 3.8) is 0 Å². The minimum Gasteiger partial charge on any atom is -0.283 e. The molecular formula is C10H14O9S3. The summed E-state index contributed by atoms with van der Waals surface area (Å²) >= 11 is 0. The lowest BCUT2D eigenvalue weighted by atomic mass is 10.1. The number of hydrogen-bond donors (Lipinski definition) is 3. The van der Waals surface area contributed by atoms with E-state index in [2.05, 4.69) is 0 Å². The summed E-state index contributed by atoms with van der Waals surface area (Å²) in [5, 5.41) is 0. The van der Waals surface area contributed by atoms with E-state index >= 15 is 0 Å². The maximum atomic E-state index is 11.3. The molecular weight excluding hydrogens is 360 g/mol. The number of rotatable bonds is 7. The molecule has 0 aliphatic carbocycles. The lowest BCUT2D eigenvalue weighted by molar-refractivity contribution is 0.414. The summed E-state index contributed by atoms with van der Waals surface area (Å²) in [5.74, 6) is 0. The van der Waals surface area contributed by atoms with Gasteiger partial charge in [0, 0.05) is 6.42 Å². The van der Waals surface area contributed by atoms with Crippen molar-refractivity contribution in [2.24, 2.45) is 0 Å². The molecule has 0 saturated heterocycles. The summed E-state index contributed by atoms with van der Waals surface area (Å²) < 4.78 is 90.4. The minimum absolute atomic E-state index is 0.0587. The zero-order chi connectivity index (χ0) is 17.2. The van der Waals surface area contributed by atoms with Gasteiger partial charge in [0.2, 0.25) is 0 Å². The monoisotopic (exact) mass is 374 g/mol. The zero-order valence-corrected chi connectivity index (χ0v) is 13.5. The Morgan fingerprint density at radius 3 is 1.55 bits per heavy atom. The molecule has 0 fully saturated rings. The van der Waals surface area contributed by atoms with Gasteiger partial charge in [-0.15, -0.1) is 0 Å². The maximum Gasteiger partial charge on any atom is 0.345 e. The Hall–Kier alpha value is -1.05. The highest BCUT2D eigenvalue weighted by Crippen LogP contribution is 2.34. The van der Waals surface area contributed by atoms with E-state index in [-0.39, 0.29) is 12.8 Å². The highest BCUT2D eigenvalue weighted by molar-refractivity contribution is 8.21. The van der Waals surface area contributed by atoms with E-state index in [1.807, 2.05) is 0 Å². The standard InChI is InChI=1S/C10H14O9S3/c11-20(12,13)10(21(14,15)16,22(17,18)19)8-4-7-9-5-2-1-3-6-9/h1-3,5-6H,4,7-8H2,(H,11,12,13)(H,14,15,16)(H,17,18,19). The Morgan fingerprint density at radius 1 is 0.773 bits per heavy atom. The van der Waals surface area contributed by atoms with Gasteiger partial charge in [0.15, 0.2) is 0 Å². The lowest BCUT2D eigenvalue weighted by Gasteiger charge is -2.23. The molecule has 22 heavy (non-hydrogen) atoms. The molecule has 0 saturated carbocycles. The molecule has 1 aromatic carbocycles. The molecule has 0 aromatic heterocycles. The van der Waals surface area contributed by atoms with Crippen LogP contribution in [0, 0.1) is 0 Å². The Labute approximate surface area is 128 Å². The number of benzene rings is 1. The van der Waals surface area contributed by atoms with Gasteiger partial charge in [-0.3, -0.25) is 13.7 Å². The fourth-order valence-electron chi connectivity index (χ4n) is 1.94. The minimum atomic E-state index is -5.87. The highest BCUT2D eigenvalue weighted by atomic mass is 32.3. The molecule has 0 radical (unpaired) electrons. The quantitative estimate of drug-likeness (QED) is 0.570. The average molecular weight is 374 g/mol. The van der Waals surface area contributed by atoms with Gasteiger partial charge in [0.25, 0.3) is 0 Å². The van der Waals surface area contributed by atoms with E-state index in [1.165, 1.54) is 0 Å². The second-order valence-corrected chi connectivity index (χ2v) is 10.2. The predicted molar refractivity (Wildman–Crippen MR) is 76.8 cm³/mol. The summed E-state index contributed by atoms with van der Waals surface area (Å²) in [5.41, 5.74) is 0.636. The molecule has 0 aliphatic heterocycles. The predicted octanol–water partition coefficient (Wildman–Crippen LogP) is 0.327. The first-order chi connectivity index (χ1) is 9.83. The molecule has 0 heterocycles.